The summed E-state index contributed by atoms with van der Waals surface area (Å²) in [6.07, 6.45) is 0.562. The molecule has 59 heavy (non-hydrogen) atoms. The van der Waals surface area contributed by atoms with Crippen LogP contribution in [0.1, 0.15) is 44.8 Å². The predicted octanol–water partition coefficient (Wildman–Crippen LogP) is 13.8. The first-order valence-electron chi connectivity index (χ1n) is 21.0. The molecule has 0 N–H and O–H groups in total. The van der Waals surface area contributed by atoms with E-state index in [1.54, 1.807) is 0 Å². The first-order valence-corrected chi connectivity index (χ1v) is 27.4. The summed E-state index contributed by atoms with van der Waals surface area (Å²) < 4.78 is 24.7. The van der Waals surface area contributed by atoms with Crippen molar-refractivity contribution < 1.29 is 27.3 Å². The molecular weight excluding hydrogens is 957 g/mol. The molecule has 7 aromatic carbocycles. The number of benzene rings is 7. The summed E-state index contributed by atoms with van der Waals surface area (Å²) in [5, 5.41) is 4.66. The number of aromatic nitrogens is 1. The van der Waals surface area contributed by atoms with E-state index < -0.39 is 19.6 Å². The maximum absolute atomic E-state index is 8.56. The average molecular weight is 1010 g/mol. The molecule has 1 radical (unpaired) electrons. The Morgan fingerprint density at radius 1 is 0.695 bits per heavy atom. The van der Waals surface area contributed by atoms with Crippen LogP contribution in [0.3, 0.4) is 0 Å². The Balaban J connectivity index is 0.000000192. The first-order chi connectivity index (χ1) is 29.0. The van der Waals surface area contributed by atoms with Gasteiger partial charge in [0.25, 0.3) is 0 Å². The Labute approximate surface area is 366 Å². The fraction of sp³-hybridized carbons (Fsp3) is 0.148. The van der Waals surface area contributed by atoms with Crippen LogP contribution in [-0.4, -0.2) is 24.0 Å². The molecule has 0 aliphatic carbocycles. The van der Waals surface area contributed by atoms with Crippen molar-refractivity contribution in [1.82, 2.24) is 4.98 Å². The number of rotatable bonds is 7. The summed E-state index contributed by atoms with van der Waals surface area (Å²) in [5.41, 5.74) is 12.0. The molecular formula is C54H46GeIrN2O-2. The number of nitrogens with zero attached hydrogens (tertiary/aromatic N) is 2. The summed E-state index contributed by atoms with van der Waals surface area (Å²) in [4.78, 5) is 9.81. The molecule has 0 saturated carbocycles. The van der Waals surface area contributed by atoms with Crippen LogP contribution >= 0.6 is 0 Å². The molecule has 5 heteroatoms. The first kappa shape index (κ1) is 37.9. The van der Waals surface area contributed by atoms with Gasteiger partial charge in [0, 0.05) is 31.4 Å². The number of pyridine rings is 1. The zero-order chi connectivity index (χ0) is 41.6. The summed E-state index contributed by atoms with van der Waals surface area (Å²) in [7, 11) is 0. The molecule has 1 aliphatic heterocycles. The maximum Gasteiger partial charge on any atom is 0.120 e. The van der Waals surface area contributed by atoms with Crippen LogP contribution in [0.5, 0.6) is 0 Å². The van der Waals surface area contributed by atoms with Gasteiger partial charge in [0.15, 0.2) is 0 Å². The van der Waals surface area contributed by atoms with E-state index in [0.717, 1.165) is 60.1 Å². The van der Waals surface area contributed by atoms with Crippen molar-refractivity contribution in [3.05, 3.63) is 198 Å². The fourth-order valence-electron chi connectivity index (χ4n) is 8.11. The molecule has 3 nitrogen and oxygen atoms in total. The molecule has 1 atom stereocenters. The van der Waals surface area contributed by atoms with Gasteiger partial charge in [-0.1, -0.05) is 108 Å². The van der Waals surface area contributed by atoms with Gasteiger partial charge in [0.05, 0.1) is 11.3 Å². The van der Waals surface area contributed by atoms with Crippen LogP contribution in [0, 0.1) is 18.1 Å². The van der Waals surface area contributed by atoms with E-state index in [1.807, 2.05) is 68.6 Å². The molecule has 1 unspecified atom stereocenters. The topological polar surface area (TPSA) is 38.4 Å². The molecule has 0 amide bonds. The largest absolute Gasteiger partial charge is 0.501 e. The van der Waals surface area contributed by atoms with E-state index in [9.17, 15) is 0 Å². The van der Waals surface area contributed by atoms with Crippen molar-refractivity contribution in [3.8, 4) is 22.4 Å². The van der Waals surface area contributed by atoms with E-state index in [4.69, 9.17) is 12.2 Å². The fourth-order valence-corrected chi connectivity index (χ4v) is 11.1. The van der Waals surface area contributed by atoms with Crippen LogP contribution in [0.15, 0.2) is 173 Å². The van der Waals surface area contributed by atoms with Gasteiger partial charge in [-0.25, -0.2) is 0 Å². The third kappa shape index (κ3) is 8.15. The Morgan fingerprint density at radius 3 is 2.25 bits per heavy atom. The minimum atomic E-state index is -2.20. The summed E-state index contributed by atoms with van der Waals surface area (Å²) in [6, 6.07) is 61.1. The number of fused-ring (bicyclic) bond motifs is 5. The molecule has 0 fully saturated rings. The molecule has 9 aromatic rings. The normalized spacial score (nSPS) is 14.3. The van der Waals surface area contributed by atoms with Crippen LogP contribution in [-0.2, 0) is 26.5 Å². The maximum atomic E-state index is 8.56. The van der Waals surface area contributed by atoms with E-state index >= 15 is 0 Å². The van der Waals surface area contributed by atoms with Crippen molar-refractivity contribution in [2.75, 3.05) is 0 Å². The second-order valence-corrected chi connectivity index (χ2v) is 26.8. The van der Waals surface area contributed by atoms with E-state index in [0.29, 0.717) is 0 Å². The zero-order valence-electron chi connectivity index (χ0n) is 35.9. The SMILES string of the molecule is [2H]C([2H])(c1cc(-c2[c-]cccc2)nc[c]1[Ge]([CH3])([CH3])[CH3])C(C)C.[Ir].[c-]1ccc2c(oc3ccccc32)c1C1=Nc2ccccc2C1c1cccc2ccc(-c3ccccc3)cc12. The zero-order valence-corrected chi connectivity index (χ0v) is 38.4. The Hall–Kier alpha value is -5.39. The third-order valence-corrected chi connectivity index (χ3v) is 15.1. The van der Waals surface area contributed by atoms with Gasteiger partial charge in [-0.3, -0.25) is 4.99 Å². The van der Waals surface area contributed by atoms with Gasteiger partial charge in [-0.2, -0.15) is 0 Å². The summed E-state index contributed by atoms with van der Waals surface area (Å²) in [5.74, 6) is 6.74. The number of furan rings is 1. The van der Waals surface area contributed by atoms with Crippen LogP contribution < -0.4 is 4.40 Å². The number of hydrogen-bond donors (Lipinski definition) is 0. The van der Waals surface area contributed by atoms with Crippen molar-refractivity contribution in [2.45, 2.75) is 43.4 Å². The number of aliphatic imine (C=N–C) groups is 1. The minimum absolute atomic E-state index is 0. The Bertz CT molecular complexity index is 3040. The smallest absolute Gasteiger partial charge is 0.120 e. The molecule has 0 spiro atoms. The van der Waals surface area contributed by atoms with E-state index in [2.05, 4.69) is 144 Å². The average Bonchev–Trinajstić information content (AvgIpc) is 3.85. The summed E-state index contributed by atoms with van der Waals surface area (Å²) in [6.45, 7) is 3.88. The predicted molar refractivity (Wildman–Crippen MR) is 246 cm³/mol. The van der Waals surface area contributed by atoms with Crippen LogP contribution in [0.25, 0.3) is 55.1 Å². The molecule has 0 saturated heterocycles. The molecule has 10 rings (SSSR count). The Morgan fingerprint density at radius 2 is 1.46 bits per heavy atom. The van der Waals surface area contributed by atoms with Gasteiger partial charge < -0.3 is 4.42 Å². The third-order valence-electron chi connectivity index (χ3n) is 10.8. The van der Waals surface area contributed by atoms with Crippen molar-refractivity contribution >= 4 is 61.8 Å². The van der Waals surface area contributed by atoms with Crippen molar-refractivity contribution in [3.63, 3.8) is 0 Å². The van der Waals surface area contributed by atoms with Gasteiger partial charge in [0.1, 0.15) is 5.58 Å². The summed E-state index contributed by atoms with van der Waals surface area (Å²) >= 11 is -2.20. The van der Waals surface area contributed by atoms with Gasteiger partial charge in [0.2, 0.25) is 0 Å². The molecule has 293 valence electrons. The van der Waals surface area contributed by atoms with Gasteiger partial charge in [-0.05, 0) is 56.9 Å². The van der Waals surface area contributed by atoms with Crippen LogP contribution in [0.4, 0.5) is 5.69 Å². The molecule has 1 aliphatic rings. The van der Waals surface area contributed by atoms with Gasteiger partial charge >= 0.3 is 128 Å². The van der Waals surface area contributed by atoms with Crippen molar-refractivity contribution in [1.29, 1.82) is 0 Å². The quantitative estimate of drug-likeness (QED) is 0.118. The second kappa shape index (κ2) is 17.1. The van der Waals surface area contributed by atoms with Gasteiger partial charge in [-0.15, -0.1) is 18.2 Å². The van der Waals surface area contributed by atoms with E-state index in [-0.39, 0.29) is 31.9 Å². The number of para-hydroxylation sites is 2. The minimum Gasteiger partial charge on any atom is -0.501 e. The molecule has 3 heterocycles. The standard InChI is InChI=1S/C36H22NO.C18H24GeN.Ir/c1-2-10-23(11-3-1)25-21-20-24-12-8-15-27(31(24)22-25)34-29-14-4-6-18-32(29)37-35(34)30-17-9-16-28-26-13-5-7-19-33(26)38-36(28)30;1-14(2)11-16-12-18(15-9-7-6-8-10-15)20-13-17(16)19(3,4)5;/h1-16,18-22,34H;6-9,12-14H,11H2,1-5H3;/q2*-1;/i;11D2;. The number of hydrogen-bond acceptors (Lipinski definition) is 3. The second-order valence-electron chi connectivity index (χ2n) is 16.3. The van der Waals surface area contributed by atoms with E-state index in [1.165, 1.54) is 33.0 Å². The molecule has 2 aromatic heterocycles. The monoisotopic (exact) mass is 1010 g/mol. The Kier molecular flexibility index (Phi) is 11.0. The molecule has 0 bridgehead atoms. The van der Waals surface area contributed by atoms with Crippen molar-refractivity contribution in [2.24, 2.45) is 10.9 Å². The van der Waals surface area contributed by atoms with Crippen LogP contribution in [0.2, 0.25) is 17.3 Å².